The van der Waals surface area contributed by atoms with Crippen molar-refractivity contribution in [2.24, 2.45) is 5.92 Å². The molecule has 0 heterocycles. The number of methoxy groups -OCH3 is 2. The third kappa shape index (κ3) is 4.04. The van der Waals surface area contributed by atoms with Crippen LogP contribution in [0.5, 0.6) is 5.75 Å². The van der Waals surface area contributed by atoms with Gasteiger partial charge < -0.3 is 14.8 Å². The highest BCUT2D eigenvalue weighted by molar-refractivity contribution is 5.72. The zero-order valence-electron chi connectivity index (χ0n) is 11.4. The number of carbonyl (C=O) groups is 1. The van der Waals surface area contributed by atoms with Gasteiger partial charge in [0.25, 0.3) is 0 Å². The van der Waals surface area contributed by atoms with Crippen LogP contribution in [0.15, 0.2) is 24.3 Å². The number of hydrogen-bond acceptors (Lipinski definition) is 4. The summed E-state index contributed by atoms with van der Waals surface area (Å²) in [5, 5.41) is 3.31. The van der Waals surface area contributed by atoms with Crippen LogP contribution in [0.4, 0.5) is 0 Å². The first kappa shape index (κ1) is 14.5. The minimum absolute atomic E-state index is 0.150. The Bertz CT molecular complexity index is 392. The number of rotatable bonds is 6. The summed E-state index contributed by atoms with van der Waals surface area (Å²) in [7, 11) is 3.06. The Balaban J connectivity index is 2.54. The number of benzene rings is 1. The topological polar surface area (TPSA) is 47.6 Å². The molecule has 1 aromatic rings. The van der Waals surface area contributed by atoms with Gasteiger partial charge in [0.05, 0.1) is 20.1 Å². The van der Waals surface area contributed by atoms with Crippen LogP contribution in [-0.4, -0.2) is 26.7 Å². The zero-order chi connectivity index (χ0) is 13.5. The van der Waals surface area contributed by atoms with Crippen molar-refractivity contribution in [3.8, 4) is 5.75 Å². The lowest BCUT2D eigenvalue weighted by Crippen LogP contribution is -2.29. The molecule has 0 saturated heterocycles. The van der Waals surface area contributed by atoms with E-state index in [-0.39, 0.29) is 17.9 Å². The van der Waals surface area contributed by atoms with Gasteiger partial charge in [0.2, 0.25) is 0 Å². The fraction of sp³-hybridized carbons (Fsp3) is 0.500. The zero-order valence-corrected chi connectivity index (χ0v) is 11.4. The van der Waals surface area contributed by atoms with Crippen molar-refractivity contribution in [3.63, 3.8) is 0 Å². The summed E-state index contributed by atoms with van der Waals surface area (Å²) in [5.41, 5.74) is 1.13. The largest absolute Gasteiger partial charge is 0.497 e. The molecule has 0 bridgehead atoms. The van der Waals surface area contributed by atoms with Crippen LogP contribution in [-0.2, 0) is 9.53 Å². The van der Waals surface area contributed by atoms with E-state index in [9.17, 15) is 4.79 Å². The van der Waals surface area contributed by atoms with Gasteiger partial charge in [0, 0.05) is 12.6 Å². The standard InChI is InChI=1S/C14H21NO3/c1-10(14(16)18-4)9-15-11(2)12-6-5-7-13(8-12)17-3/h5-8,10-11,15H,9H2,1-4H3/t10?,11-/m0/s1. The molecule has 2 atom stereocenters. The summed E-state index contributed by atoms with van der Waals surface area (Å²) in [6.07, 6.45) is 0. The lowest BCUT2D eigenvalue weighted by Gasteiger charge is -2.17. The molecule has 100 valence electrons. The van der Waals surface area contributed by atoms with E-state index in [0.29, 0.717) is 6.54 Å². The third-order valence-corrected chi connectivity index (χ3v) is 2.93. The van der Waals surface area contributed by atoms with Crippen molar-refractivity contribution < 1.29 is 14.3 Å². The SMILES string of the molecule is COC(=O)C(C)CN[C@@H](C)c1cccc(OC)c1. The van der Waals surface area contributed by atoms with Crippen molar-refractivity contribution in [1.29, 1.82) is 0 Å². The van der Waals surface area contributed by atoms with Gasteiger partial charge in [0.1, 0.15) is 5.75 Å². The molecule has 0 saturated carbocycles. The molecule has 4 heteroatoms. The maximum absolute atomic E-state index is 11.3. The molecular weight excluding hydrogens is 230 g/mol. The molecule has 0 radical (unpaired) electrons. The Morgan fingerprint density at radius 2 is 2.06 bits per heavy atom. The summed E-state index contributed by atoms with van der Waals surface area (Å²) >= 11 is 0. The Morgan fingerprint density at radius 3 is 2.67 bits per heavy atom. The van der Waals surface area contributed by atoms with E-state index in [1.807, 2.05) is 31.2 Å². The van der Waals surface area contributed by atoms with E-state index >= 15 is 0 Å². The first-order valence-corrected chi connectivity index (χ1v) is 6.03. The van der Waals surface area contributed by atoms with Gasteiger partial charge in [-0.15, -0.1) is 0 Å². The van der Waals surface area contributed by atoms with Gasteiger partial charge in [-0.2, -0.15) is 0 Å². The van der Waals surface area contributed by atoms with E-state index in [1.165, 1.54) is 7.11 Å². The second-order valence-corrected chi connectivity index (χ2v) is 4.33. The van der Waals surface area contributed by atoms with Crippen LogP contribution in [0.25, 0.3) is 0 Å². The van der Waals surface area contributed by atoms with Gasteiger partial charge in [-0.1, -0.05) is 19.1 Å². The molecule has 1 N–H and O–H groups in total. The third-order valence-electron chi connectivity index (χ3n) is 2.93. The van der Waals surface area contributed by atoms with Gasteiger partial charge in [-0.05, 0) is 24.6 Å². The first-order valence-electron chi connectivity index (χ1n) is 6.03. The highest BCUT2D eigenvalue weighted by Crippen LogP contribution is 2.18. The minimum atomic E-state index is -0.194. The minimum Gasteiger partial charge on any atom is -0.497 e. The predicted molar refractivity (Wildman–Crippen MR) is 70.6 cm³/mol. The lowest BCUT2D eigenvalue weighted by atomic mass is 10.1. The molecule has 0 fully saturated rings. The molecule has 1 aromatic carbocycles. The van der Waals surface area contributed by atoms with Gasteiger partial charge in [0.15, 0.2) is 0 Å². The maximum atomic E-state index is 11.3. The Kier molecular flexibility index (Phi) is 5.65. The predicted octanol–water partition coefficient (Wildman–Crippen LogP) is 2.15. The highest BCUT2D eigenvalue weighted by Gasteiger charge is 2.14. The van der Waals surface area contributed by atoms with Gasteiger partial charge in [-0.25, -0.2) is 0 Å². The van der Waals surface area contributed by atoms with Crippen molar-refractivity contribution >= 4 is 5.97 Å². The summed E-state index contributed by atoms with van der Waals surface area (Å²) in [5.74, 6) is 0.491. The molecule has 0 aliphatic heterocycles. The second kappa shape index (κ2) is 7.01. The Hall–Kier alpha value is -1.55. The number of esters is 1. The maximum Gasteiger partial charge on any atom is 0.309 e. The average molecular weight is 251 g/mol. The molecule has 0 aliphatic carbocycles. The van der Waals surface area contributed by atoms with Crippen molar-refractivity contribution in [3.05, 3.63) is 29.8 Å². The van der Waals surface area contributed by atoms with Crippen molar-refractivity contribution in [1.82, 2.24) is 5.32 Å². The number of carbonyl (C=O) groups excluding carboxylic acids is 1. The summed E-state index contributed by atoms with van der Waals surface area (Å²) in [6.45, 7) is 4.49. The smallest absolute Gasteiger partial charge is 0.309 e. The Morgan fingerprint density at radius 1 is 1.33 bits per heavy atom. The van der Waals surface area contributed by atoms with E-state index in [4.69, 9.17) is 4.74 Å². The second-order valence-electron chi connectivity index (χ2n) is 4.33. The fourth-order valence-corrected chi connectivity index (χ4v) is 1.67. The van der Waals surface area contributed by atoms with Gasteiger partial charge in [-0.3, -0.25) is 4.79 Å². The summed E-state index contributed by atoms with van der Waals surface area (Å²) < 4.78 is 9.87. The van der Waals surface area contributed by atoms with E-state index < -0.39 is 0 Å². The molecule has 0 spiro atoms. The van der Waals surface area contributed by atoms with E-state index in [0.717, 1.165) is 11.3 Å². The van der Waals surface area contributed by atoms with Crippen LogP contribution >= 0.6 is 0 Å². The molecule has 1 rings (SSSR count). The first-order chi connectivity index (χ1) is 8.58. The Labute approximate surface area is 108 Å². The normalized spacial score (nSPS) is 13.8. The van der Waals surface area contributed by atoms with Crippen LogP contribution in [0, 0.1) is 5.92 Å². The van der Waals surface area contributed by atoms with Crippen LogP contribution < -0.4 is 10.1 Å². The molecule has 18 heavy (non-hydrogen) atoms. The monoisotopic (exact) mass is 251 g/mol. The van der Waals surface area contributed by atoms with Crippen LogP contribution in [0.1, 0.15) is 25.5 Å². The summed E-state index contributed by atoms with van der Waals surface area (Å²) in [4.78, 5) is 11.3. The number of ether oxygens (including phenoxy) is 2. The molecule has 0 aromatic heterocycles. The molecule has 1 unspecified atom stereocenters. The molecule has 0 amide bonds. The highest BCUT2D eigenvalue weighted by atomic mass is 16.5. The number of nitrogens with one attached hydrogen (secondary N) is 1. The quantitative estimate of drug-likeness (QED) is 0.787. The van der Waals surface area contributed by atoms with E-state index in [1.54, 1.807) is 7.11 Å². The van der Waals surface area contributed by atoms with Crippen LogP contribution in [0.2, 0.25) is 0 Å². The van der Waals surface area contributed by atoms with E-state index in [2.05, 4.69) is 17.0 Å². The molecule has 0 aliphatic rings. The molecule has 4 nitrogen and oxygen atoms in total. The lowest BCUT2D eigenvalue weighted by molar-refractivity contribution is -0.144. The average Bonchev–Trinajstić information content (AvgIpc) is 2.43. The number of hydrogen-bond donors (Lipinski definition) is 1. The summed E-state index contributed by atoms with van der Waals surface area (Å²) in [6, 6.07) is 8.04. The fourth-order valence-electron chi connectivity index (χ4n) is 1.67. The molecular formula is C14H21NO3. The van der Waals surface area contributed by atoms with Gasteiger partial charge >= 0.3 is 5.97 Å². The van der Waals surface area contributed by atoms with Crippen molar-refractivity contribution in [2.75, 3.05) is 20.8 Å². The van der Waals surface area contributed by atoms with Crippen molar-refractivity contribution in [2.45, 2.75) is 19.9 Å². The van der Waals surface area contributed by atoms with Crippen LogP contribution in [0.3, 0.4) is 0 Å².